The zero-order valence-electron chi connectivity index (χ0n) is 15.7. The first-order valence-corrected chi connectivity index (χ1v) is 10.4. The van der Waals surface area contributed by atoms with Crippen molar-refractivity contribution in [1.82, 2.24) is 8.61 Å². The van der Waals surface area contributed by atoms with Gasteiger partial charge in [0.05, 0.1) is 12.1 Å². The van der Waals surface area contributed by atoms with Gasteiger partial charge in [0.1, 0.15) is 5.82 Å². The molecule has 1 amide bonds. The Balaban J connectivity index is 1.67. The van der Waals surface area contributed by atoms with Gasteiger partial charge in [-0.05, 0) is 42.3 Å². The Labute approximate surface area is 171 Å². The minimum absolute atomic E-state index is 0.0498. The number of hydrogen-bond acceptors (Lipinski definition) is 3. The van der Waals surface area contributed by atoms with E-state index in [1.165, 1.54) is 24.3 Å². The van der Waals surface area contributed by atoms with Crippen molar-refractivity contribution in [3.05, 3.63) is 65.5 Å². The van der Waals surface area contributed by atoms with Crippen molar-refractivity contribution in [3.63, 3.8) is 0 Å². The molecule has 1 saturated heterocycles. The topological polar surface area (TPSA) is 69.7 Å². The number of rotatable bonds is 5. The molecule has 1 aliphatic heterocycles. The van der Waals surface area contributed by atoms with Crippen LogP contribution in [0.3, 0.4) is 0 Å². The first-order chi connectivity index (χ1) is 14.1. The Morgan fingerprint density at radius 1 is 1.03 bits per heavy atom. The highest BCUT2D eigenvalue weighted by atomic mass is 32.2. The molecule has 0 aromatic heterocycles. The van der Waals surface area contributed by atoms with Crippen LogP contribution in [0.4, 0.5) is 23.2 Å². The number of hydrogen-bond donors (Lipinski definition) is 1. The van der Waals surface area contributed by atoms with Gasteiger partial charge in [-0.15, -0.1) is 0 Å². The molecule has 0 aliphatic carbocycles. The van der Waals surface area contributed by atoms with Crippen molar-refractivity contribution in [1.29, 1.82) is 0 Å². The van der Waals surface area contributed by atoms with Crippen molar-refractivity contribution < 1.29 is 30.8 Å². The molecule has 0 unspecified atom stereocenters. The molecule has 11 heteroatoms. The van der Waals surface area contributed by atoms with E-state index in [-0.39, 0.29) is 25.3 Å². The van der Waals surface area contributed by atoms with E-state index in [0.29, 0.717) is 12.0 Å². The minimum Gasteiger partial charge on any atom is -0.325 e. The summed E-state index contributed by atoms with van der Waals surface area (Å²) in [4.78, 5) is 12.3. The predicted molar refractivity (Wildman–Crippen MR) is 102 cm³/mol. The van der Waals surface area contributed by atoms with Crippen LogP contribution >= 0.6 is 0 Å². The fourth-order valence-electron chi connectivity index (χ4n) is 3.11. The number of halogens is 4. The summed E-state index contributed by atoms with van der Waals surface area (Å²) >= 11 is 0. The quantitative estimate of drug-likeness (QED) is 0.719. The van der Waals surface area contributed by atoms with Crippen molar-refractivity contribution >= 4 is 21.8 Å². The molecule has 3 rings (SSSR count). The third kappa shape index (κ3) is 5.35. The van der Waals surface area contributed by atoms with Gasteiger partial charge in [0.15, 0.2) is 0 Å². The zero-order chi connectivity index (χ0) is 21.9. The molecule has 2 aromatic rings. The third-order valence-electron chi connectivity index (χ3n) is 4.51. The molecule has 0 atom stereocenters. The number of carbonyl (C=O) groups is 1. The van der Waals surface area contributed by atoms with Crippen LogP contribution in [0.2, 0.25) is 0 Å². The first kappa shape index (κ1) is 22.2. The van der Waals surface area contributed by atoms with E-state index in [1.54, 1.807) is 6.07 Å². The second kappa shape index (κ2) is 8.70. The monoisotopic (exact) mass is 445 g/mol. The second-order valence-electron chi connectivity index (χ2n) is 6.79. The number of alkyl halides is 3. The highest BCUT2D eigenvalue weighted by Gasteiger charge is 2.35. The Kier molecular flexibility index (Phi) is 6.44. The SMILES string of the molecule is O=C(CN1CCCN(Cc2cccc(F)c2)S1(=O)=O)Nc1cccc(C(F)(F)F)c1. The average molecular weight is 445 g/mol. The van der Waals surface area contributed by atoms with Crippen LogP contribution < -0.4 is 5.32 Å². The van der Waals surface area contributed by atoms with Gasteiger partial charge in [0, 0.05) is 25.3 Å². The second-order valence-corrected chi connectivity index (χ2v) is 8.71. The molecule has 0 bridgehead atoms. The van der Waals surface area contributed by atoms with Gasteiger partial charge in [-0.25, -0.2) is 4.39 Å². The van der Waals surface area contributed by atoms with Gasteiger partial charge in [-0.2, -0.15) is 30.2 Å². The number of carbonyl (C=O) groups excluding carboxylic acids is 1. The summed E-state index contributed by atoms with van der Waals surface area (Å²) in [6.07, 6.45) is -4.11. The molecular weight excluding hydrogens is 426 g/mol. The Bertz CT molecular complexity index is 1030. The van der Waals surface area contributed by atoms with E-state index in [0.717, 1.165) is 26.8 Å². The van der Waals surface area contributed by atoms with Crippen LogP contribution in [0.25, 0.3) is 0 Å². The summed E-state index contributed by atoms with van der Waals surface area (Å²) in [5.41, 5.74) is -0.540. The highest BCUT2D eigenvalue weighted by molar-refractivity contribution is 7.86. The maximum Gasteiger partial charge on any atom is 0.416 e. The summed E-state index contributed by atoms with van der Waals surface area (Å²) in [6.45, 7) is -0.285. The van der Waals surface area contributed by atoms with E-state index in [1.807, 2.05) is 0 Å². The van der Waals surface area contributed by atoms with E-state index < -0.39 is 40.2 Å². The summed E-state index contributed by atoms with van der Waals surface area (Å²) in [7, 11) is -3.99. The zero-order valence-corrected chi connectivity index (χ0v) is 16.5. The normalized spacial score (nSPS) is 17.6. The average Bonchev–Trinajstić information content (AvgIpc) is 2.65. The molecule has 1 aliphatic rings. The minimum atomic E-state index is -4.56. The van der Waals surface area contributed by atoms with Gasteiger partial charge >= 0.3 is 6.18 Å². The van der Waals surface area contributed by atoms with Gasteiger partial charge in [0.25, 0.3) is 10.2 Å². The number of benzene rings is 2. The van der Waals surface area contributed by atoms with Crippen molar-refractivity contribution in [3.8, 4) is 0 Å². The van der Waals surface area contributed by atoms with Crippen molar-refractivity contribution in [2.45, 2.75) is 19.1 Å². The summed E-state index contributed by atoms with van der Waals surface area (Å²) < 4.78 is 79.5. The van der Waals surface area contributed by atoms with Crippen molar-refractivity contribution in [2.75, 3.05) is 25.0 Å². The number of anilines is 1. The third-order valence-corrected chi connectivity index (χ3v) is 6.44. The molecule has 6 nitrogen and oxygen atoms in total. The van der Waals surface area contributed by atoms with Gasteiger partial charge < -0.3 is 5.32 Å². The molecule has 0 radical (unpaired) electrons. The van der Waals surface area contributed by atoms with Crippen LogP contribution in [0.1, 0.15) is 17.5 Å². The molecule has 2 aromatic carbocycles. The number of amides is 1. The standard InChI is InChI=1S/C19H19F4N3O3S/c20-16-6-1-4-14(10-16)12-25-8-3-9-26(30(25,28)29)13-18(27)24-17-7-2-5-15(11-17)19(21,22)23/h1-2,4-7,10-11H,3,8-9,12-13H2,(H,24,27). The Morgan fingerprint density at radius 2 is 1.73 bits per heavy atom. The molecule has 0 saturated carbocycles. The Morgan fingerprint density at radius 3 is 2.43 bits per heavy atom. The fraction of sp³-hybridized carbons (Fsp3) is 0.316. The number of nitrogens with one attached hydrogen (secondary N) is 1. The van der Waals surface area contributed by atoms with Gasteiger partial charge in [0.2, 0.25) is 5.91 Å². The van der Waals surface area contributed by atoms with E-state index in [4.69, 9.17) is 0 Å². The number of nitrogens with zero attached hydrogens (tertiary/aromatic N) is 2. The smallest absolute Gasteiger partial charge is 0.325 e. The molecule has 1 heterocycles. The van der Waals surface area contributed by atoms with Crippen molar-refractivity contribution in [2.24, 2.45) is 0 Å². The molecule has 1 fully saturated rings. The first-order valence-electron chi connectivity index (χ1n) is 9.02. The Hall–Kier alpha value is -2.50. The van der Waals surface area contributed by atoms with Gasteiger partial charge in [-0.3, -0.25) is 4.79 Å². The van der Waals surface area contributed by atoms with Crippen LogP contribution in [0, 0.1) is 5.82 Å². The van der Waals surface area contributed by atoms with Crippen LogP contribution in [0.5, 0.6) is 0 Å². The molecular formula is C19H19F4N3O3S. The lowest BCUT2D eigenvalue weighted by Gasteiger charge is -2.34. The molecule has 162 valence electrons. The molecule has 0 spiro atoms. The summed E-state index contributed by atoms with van der Waals surface area (Å²) in [5.74, 6) is -1.25. The van der Waals surface area contributed by atoms with E-state index in [2.05, 4.69) is 5.32 Å². The predicted octanol–water partition coefficient (Wildman–Crippen LogP) is 3.24. The maximum atomic E-state index is 13.4. The fourth-order valence-corrected chi connectivity index (χ4v) is 4.75. The van der Waals surface area contributed by atoms with Crippen LogP contribution in [-0.2, 0) is 27.7 Å². The maximum absolute atomic E-state index is 13.4. The summed E-state index contributed by atoms with van der Waals surface area (Å²) in [5, 5.41) is 2.30. The highest BCUT2D eigenvalue weighted by Crippen LogP contribution is 2.30. The van der Waals surface area contributed by atoms with E-state index >= 15 is 0 Å². The largest absolute Gasteiger partial charge is 0.416 e. The van der Waals surface area contributed by atoms with Crippen LogP contribution in [0.15, 0.2) is 48.5 Å². The summed E-state index contributed by atoms with van der Waals surface area (Å²) in [6, 6.07) is 9.63. The molecule has 1 N–H and O–H groups in total. The van der Waals surface area contributed by atoms with Crippen LogP contribution in [-0.4, -0.2) is 42.6 Å². The lowest BCUT2D eigenvalue weighted by atomic mass is 10.2. The van der Waals surface area contributed by atoms with E-state index in [9.17, 15) is 30.8 Å². The molecule has 30 heavy (non-hydrogen) atoms. The van der Waals surface area contributed by atoms with Gasteiger partial charge in [-0.1, -0.05) is 18.2 Å². The lowest BCUT2D eigenvalue weighted by Crippen LogP contribution is -2.51. The lowest BCUT2D eigenvalue weighted by molar-refractivity contribution is -0.137.